The lowest BCUT2D eigenvalue weighted by atomic mass is 10.2. The fourth-order valence-corrected chi connectivity index (χ4v) is 5.77. The van der Waals surface area contributed by atoms with Crippen LogP contribution in [0.5, 0.6) is 0 Å². The van der Waals surface area contributed by atoms with E-state index in [4.69, 9.17) is 0 Å². The highest BCUT2D eigenvalue weighted by atomic mass is 79.9. The molecule has 2 aromatic rings. The summed E-state index contributed by atoms with van der Waals surface area (Å²) in [6, 6.07) is 2.10. The second-order valence-corrected chi connectivity index (χ2v) is 10.3. The fourth-order valence-electron chi connectivity index (χ4n) is 3.03. The third kappa shape index (κ3) is 3.45. The van der Waals surface area contributed by atoms with Crippen molar-refractivity contribution in [2.45, 2.75) is 19.5 Å². The van der Waals surface area contributed by atoms with Gasteiger partial charge in [0.15, 0.2) is 0 Å². The lowest BCUT2D eigenvalue weighted by molar-refractivity contribution is 0.123. The van der Waals surface area contributed by atoms with Gasteiger partial charge in [0.05, 0.1) is 20.8 Å². The molecule has 0 amide bonds. The molecule has 1 aliphatic rings. The normalized spacial score (nSPS) is 20.8. The van der Waals surface area contributed by atoms with E-state index in [2.05, 4.69) is 20.8 Å². The highest BCUT2D eigenvalue weighted by Crippen LogP contribution is 2.31. The Labute approximate surface area is 153 Å². The molecule has 1 atom stereocenters. The van der Waals surface area contributed by atoms with Crippen LogP contribution in [0.15, 0.2) is 21.5 Å². The molecule has 0 spiro atoms. The molecule has 0 N–H and O–H groups in total. The van der Waals surface area contributed by atoms with Gasteiger partial charge in [-0.15, -0.1) is 11.3 Å². The molecule has 132 valence electrons. The Balaban J connectivity index is 1.82. The van der Waals surface area contributed by atoms with Crippen LogP contribution in [0.4, 0.5) is 0 Å². The average molecular weight is 434 g/mol. The lowest BCUT2D eigenvalue weighted by Crippen LogP contribution is -2.52. The standard InChI is InChI=1S/C15H20BrN3O3S2/c1-10-7-19(24(3,21)22)5-4-18(10)8-11-6-12-14(23-11)13(16)9-17(2)15(12)20/h6,9-10H,4-5,7-8H2,1-3H3/t10-/m0/s1. The summed E-state index contributed by atoms with van der Waals surface area (Å²) in [4.78, 5) is 15.7. The molecule has 0 aromatic carbocycles. The van der Waals surface area contributed by atoms with Crippen LogP contribution in [0, 0.1) is 0 Å². The van der Waals surface area contributed by atoms with Gasteiger partial charge < -0.3 is 4.57 Å². The monoisotopic (exact) mass is 433 g/mol. The number of aryl methyl sites for hydroxylation is 1. The first-order valence-corrected chi connectivity index (χ1v) is 11.1. The first kappa shape index (κ1) is 18.1. The summed E-state index contributed by atoms with van der Waals surface area (Å²) < 4.78 is 28.4. The van der Waals surface area contributed by atoms with Gasteiger partial charge in [0, 0.05) is 50.3 Å². The number of thiophene rings is 1. The Hall–Kier alpha value is -0.740. The fraction of sp³-hybridized carbons (Fsp3) is 0.533. The Bertz CT molecular complexity index is 935. The molecule has 2 aromatic heterocycles. The van der Waals surface area contributed by atoms with Gasteiger partial charge in [-0.3, -0.25) is 9.69 Å². The summed E-state index contributed by atoms with van der Waals surface area (Å²) in [5, 5.41) is 0.731. The van der Waals surface area contributed by atoms with Crippen LogP contribution in [-0.2, 0) is 23.6 Å². The van der Waals surface area contributed by atoms with Gasteiger partial charge in [0.1, 0.15) is 0 Å². The van der Waals surface area contributed by atoms with Crippen LogP contribution in [-0.4, -0.2) is 54.1 Å². The minimum absolute atomic E-state index is 0.00523. The molecule has 0 aliphatic carbocycles. The topological polar surface area (TPSA) is 62.6 Å². The van der Waals surface area contributed by atoms with Crippen molar-refractivity contribution in [2.75, 3.05) is 25.9 Å². The molecule has 3 rings (SSSR count). The minimum Gasteiger partial charge on any atom is -0.317 e. The van der Waals surface area contributed by atoms with Crippen molar-refractivity contribution < 1.29 is 8.42 Å². The zero-order chi connectivity index (χ0) is 17.6. The predicted molar refractivity (Wildman–Crippen MR) is 101 cm³/mol. The van der Waals surface area contributed by atoms with Gasteiger partial charge in [0.25, 0.3) is 5.56 Å². The molecular weight excluding hydrogens is 414 g/mol. The van der Waals surface area contributed by atoms with E-state index in [1.54, 1.807) is 29.1 Å². The van der Waals surface area contributed by atoms with E-state index in [9.17, 15) is 13.2 Å². The van der Waals surface area contributed by atoms with Crippen LogP contribution in [0.1, 0.15) is 11.8 Å². The second kappa shape index (κ2) is 6.53. The summed E-state index contributed by atoms with van der Waals surface area (Å²) in [6.07, 6.45) is 3.05. The highest BCUT2D eigenvalue weighted by molar-refractivity contribution is 9.10. The van der Waals surface area contributed by atoms with E-state index in [1.165, 1.54) is 10.6 Å². The van der Waals surface area contributed by atoms with Gasteiger partial charge in [-0.05, 0) is 28.9 Å². The number of fused-ring (bicyclic) bond motifs is 1. The first-order chi connectivity index (χ1) is 11.2. The molecule has 3 heterocycles. The van der Waals surface area contributed by atoms with E-state index in [1.807, 2.05) is 13.0 Å². The maximum atomic E-state index is 12.3. The third-order valence-electron chi connectivity index (χ3n) is 4.41. The van der Waals surface area contributed by atoms with Crippen molar-refractivity contribution >= 4 is 47.4 Å². The number of pyridine rings is 1. The van der Waals surface area contributed by atoms with Gasteiger partial charge in [-0.25, -0.2) is 8.42 Å². The molecular formula is C15H20BrN3O3S2. The Morgan fingerprint density at radius 3 is 2.71 bits per heavy atom. The minimum atomic E-state index is -3.13. The van der Waals surface area contributed by atoms with Crippen molar-refractivity contribution in [3.05, 3.63) is 32.0 Å². The largest absolute Gasteiger partial charge is 0.317 e. The Morgan fingerprint density at radius 2 is 2.08 bits per heavy atom. The SMILES string of the molecule is C[C@H]1CN(S(C)(=O)=O)CCN1Cc1cc2c(=O)n(C)cc(Br)c2s1. The summed E-state index contributed by atoms with van der Waals surface area (Å²) in [5.74, 6) is 0. The van der Waals surface area contributed by atoms with E-state index in [-0.39, 0.29) is 11.6 Å². The van der Waals surface area contributed by atoms with E-state index in [0.717, 1.165) is 26.0 Å². The molecule has 1 fully saturated rings. The molecule has 0 radical (unpaired) electrons. The van der Waals surface area contributed by atoms with Crippen molar-refractivity contribution in [1.82, 2.24) is 13.8 Å². The zero-order valence-electron chi connectivity index (χ0n) is 13.8. The van der Waals surface area contributed by atoms with Crippen LogP contribution < -0.4 is 5.56 Å². The van der Waals surface area contributed by atoms with E-state index >= 15 is 0 Å². The number of nitrogens with zero attached hydrogens (tertiary/aromatic N) is 3. The number of piperazine rings is 1. The van der Waals surface area contributed by atoms with Crippen LogP contribution >= 0.6 is 27.3 Å². The zero-order valence-corrected chi connectivity index (χ0v) is 17.0. The van der Waals surface area contributed by atoms with Gasteiger partial charge in [-0.2, -0.15) is 4.31 Å². The maximum Gasteiger partial charge on any atom is 0.259 e. The number of aromatic nitrogens is 1. The number of rotatable bonds is 3. The smallest absolute Gasteiger partial charge is 0.259 e. The van der Waals surface area contributed by atoms with Crippen LogP contribution in [0.25, 0.3) is 10.1 Å². The van der Waals surface area contributed by atoms with Crippen molar-refractivity contribution in [1.29, 1.82) is 0 Å². The number of hydrogen-bond acceptors (Lipinski definition) is 5. The van der Waals surface area contributed by atoms with Crippen LogP contribution in [0.2, 0.25) is 0 Å². The third-order valence-corrected chi connectivity index (χ3v) is 7.70. The Kier molecular flexibility index (Phi) is 4.91. The Morgan fingerprint density at radius 1 is 1.38 bits per heavy atom. The first-order valence-electron chi connectivity index (χ1n) is 7.63. The molecule has 9 heteroatoms. The molecule has 0 bridgehead atoms. The highest BCUT2D eigenvalue weighted by Gasteiger charge is 2.29. The van der Waals surface area contributed by atoms with Crippen molar-refractivity contribution in [3.8, 4) is 0 Å². The number of sulfonamides is 1. The number of hydrogen-bond donors (Lipinski definition) is 0. The quantitative estimate of drug-likeness (QED) is 0.740. The predicted octanol–water partition coefficient (Wildman–Crippen LogP) is 1.83. The average Bonchev–Trinajstić information content (AvgIpc) is 2.90. The molecule has 1 saturated heterocycles. The lowest BCUT2D eigenvalue weighted by Gasteiger charge is -2.38. The molecule has 0 unspecified atom stereocenters. The summed E-state index contributed by atoms with van der Waals surface area (Å²) >= 11 is 5.14. The summed E-state index contributed by atoms with van der Waals surface area (Å²) in [5.41, 5.74) is 0.00523. The van der Waals surface area contributed by atoms with Gasteiger partial charge >= 0.3 is 0 Å². The molecule has 6 nitrogen and oxygen atoms in total. The molecule has 24 heavy (non-hydrogen) atoms. The maximum absolute atomic E-state index is 12.3. The molecule has 0 saturated carbocycles. The second-order valence-electron chi connectivity index (χ2n) is 6.29. The van der Waals surface area contributed by atoms with Crippen molar-refractivity contribution in [2.24, 2.45) is 7.05 Å². The van der Waals surface area contributed by atoms with E-state index < -0.39 is 10.0 Å². The molecule has 1 aliphatic heterocycles. The summed E-state index contributed by atoms with van der Waals surface area (Å²) in [6.45, 7) is 4.49. The van der Waals surface area contributed by atoms with Crippen molar-refractivity contribution in [3.63, 3.8) is 0 Å². The number of halogens is 1. The van der Waals surface area contributed by atoms with E-state index in [0.29, 0.717) is 19.6 Å². The van der Waals surface area contributed by atoms with Crippen LogP contribution in [0.3, 0.4) is 0 Å². The van der Waals surface area contributed by atoms with Gasteiger partial charge in [-0.1, -0.05) is 0 Å². The summed E-state index contributed by atoms with van der Waals surface area (Å²) in [7, 11) is -1.39. The van der Waals surface area contributed by atoms with Gasteiger partial charge in [0.2, 0.25) is 10.0 Å².